The largest absolute Gasteiger partial charge is 0.490 e. The van der Waals surface area contributed by atoms with E-state index in [-0.39, 0.29) is 9.80 Å². The summed E-state index contributed by atoms with van der Waals surface area (Å²) in [6.07, 6.45) is 4.74. The molecule has 0 saturated carbocycles. The molecule has 34 heavy (non-hydrogen) atoms. The van der Waals surface area contributed by atoms with Gasteiger partial charge in [0.15, 0.2) is 0 Å². The number of hydrogen-bond acceptors (Lipinski definition) is 5. The average Bonchev–Trinajstić information content (AvgIpc) is 3.31. The van der Waals surface area contributed by atoms with E-state index < -0.39 is 9.84 Å². The van der Waals surface area contributed by atoms with Gasteiger partial charge in [0.2, 0.25) is 9.84 Å². The minimum Gasteiger partial charge on any atom is -0.490 e. The Hall–Kier alpha value is -4.41. The van der Waals surface area contributed by atoms with Gasteiger partial charge in [-0.3, -0.25) is 0 Å². The standard InChI is InChI=1S/C27H21N3O3S/c1-2-17-33-24-15-13-21(14-16-24)27-22(20-30(29-27)23-9-5-3-6-10-23)18-26(19-28)34(31,32)25-11-7-4-8-12-25/h2-16,18,20H,1,17H2/b26-18+. The molecule has 0 aliphatic carbocycles. The summed E-state index contributed by atoms with van der Waals surface area (Å²) in [5, 5.41) is 14.4. The fraction of sp³-hybridized carbons (Fsp3) is 0.0370. The molecule has 0 aliphatic rings. The van der Waals surface area contributed by atoms with Crippen molar-refractivity contribution in [2.24, 2.45) is 0 Å². The number of aromatic nitrogens is 2. The van der Waals surface area contributed by atoms with Crippen molar-refractivity contribution in [1.82, 2.24) is 9.78 Å². The number of para-hydroxylation sites is 1. The highest BCUT2D eigenvalue weighted by molar-refractivity contribution is 7.95. The minimum atomic E-state index is -3.99. The molecule has 0 saturated heterocycles. The van der Waals surface area contributed by atoms with Crippen molar-refractivity contribution in [3.8, 4) is 28.8 Å². The second-order valence-corrected chi connectivity index (χ2v) is 9.19. The Morgan fingerprint density at radius 1 is 1.00 bits per heavy atom. The molecule has 0 spiro atoms. The lowest BCUT2D eigenvalue weighted by atomic mass is 10.1. The van der Waals surface area contributed by atoms with Crippen LogP contribution in [0.15, 0.2) is 114 Å². The molecular formula is C27H21N3O3S. The van der Waals surface area contributed by atoms with E-state index in [1.165, 1.54) is 18.2 Å². The van der Waals surface area contributed by atoms with E-state index >= 15 is 0 Å². The van der Waals surface area contributed by atoms with Crippen LogP contribution in [0.3, 0.4) is 0 Å². The van der Waals surface area contributed by atoms with Crippen molar-refractivity contribution < 1.29 is 13.2 Å². The summed E-state index contributed by atoms with van der Waals surface area (Å²) >= 11 is 0. The fourth-order valence-electron chi connectivity index (χ4n) is 3.33. The van der Waals surface area contributed by atoms with Gasteiger partial charge in [-0.1, -0.05) is 49.1 Å². The fourth-order valence-corrected chi connectivity index (χ4v) is 4.50. The smallest absolute Gasteiger partial charge is 0.216 e. The Balaban J connectivity index is 1.83. The lowest BCUT2D eigenvalue weighted by Crippen LogP contribution is -2.03. The maximum Gasteiger partial charge on any atom is 0.216 e. The van der Waals surface area contributed by atoms with Gasteiger partial charge in [-0.15, -0.1) is 0 Å². The first-order valence-corrected chi connectivity index (χ1v) is 11.9. The Morgan fingerprint density at radius 3 is 2.26 bits per heavy atom. The van der Waals surface area contributed by atoms with Gasteiger partial charge in [0.1, 0.15) is 29.0 Å². The highest BCUT2D eigenvalue weighted by Gasteiger charge is 2.22. The quantitative estimate of drug-likeness (QED) is 0.254. The van der Waals surface area contributed by atoms with E-state index in [0.717, 1.165) is 11.3 Å². The first-order valence-electron chi connectivity index (χ1n) is 10.4. The van der Waals surface area contributed by atoms with Crippen LogP contribution in [-0.4, -0.2) is 24.8 Å². The van der Waals surface area contributed by atoms with Crippen LogP contribution >= 0.6 is 0 Å². The van der Waals surface area contributed by atoms with Crippen molar-refractivity contribution in [2.45, 2.75) is 4.90 Å². The molecular weight excluding hydrogens is 446 g/mol. The van der Waals surface area contributed by atoms with Gasteiger partial charge >= 0.3 is 0 Å². The summed E-state index contributed by atoms with van der Waals surface area (Å²) in [5.41, 5.74) is 2.59. The second-order valence-electron chi connectivity index (χ2n) is 7.27. The van der Waals surface area contributed by atoms with Gasteiger partial charge in [0.25, 0.3) is 0 Å². The third-order valence-corrected chi connectivity index (χ3v) is 6.68. The molecule has 3 aromatic carbocycles. The summed E-state index contributed by atoms with van der Waals surface area (Å²) in [4.78, 5) is -0.304. The van der Waals surface area contributed by atoms with E-state index in [0.29, 0.717) is 23.6 Å². The first-order chi connectivity index (χ1) is 16.5. The lowest BCUT2D eigenvalue weighted by molar-refractivity contribution is 0.363. The number of allylic oxidation sites excluding steroid dienone is 1. The van der Waals surface area contributed by atoms with Crippen molar-refractivity contribution in [2.75, 3.05) is 6.61 Å². The van der Waals surface area contributed by atoms with E-state index in [4.69, 9.17) is 9.84 Å². The first kappa shape index (κ1) is 22.8. The molecule has 0 amide bonds. The van der Waals surface area contributed by atoms with E-state index in [2.05, 4.69) is 6.58 Å². The number of benzene rings is 3. The third-order valence-electron chi connectivity index (χ3n) is 5.00. The number of sulfone groups is 1. The van der Waals surface area contributed by atoms with Crippen LogP contribution in [0.25, 0.3) is 23.0 Å². The minimum absolute atomic E-state index is 0.0588. The summed E-state index contributed by atoms with van der Waals surface area (Å²) in [6, 6.07) is 26.5. The number of rotatable bonds is 8. The molecule has 0 N–H and O–H groups in total. The normalized spacial score (nSPS) is 11.6. The highest BCUT2D eigenvalue weighted by atomic mass is 32.2. The van der Waals surface area contributed by atoms with Crippen molar-refractivity contribution in [1.29, 1.82) is 5.26 Å². The zero-order chi connectivity index (χ0) is 24.0. The van der Waals surface area contributed by atoms with Crippen LogP contribution < -0.4 is 4.74 Å². The van der Waals surface area contributed by atoms with Gasteiger partial charge in [0, 0.05) is 17.3 Å². The van der Waals surface area contributed by atoms with Gasteiger partial charge < -0.3 is 4.74 Å². The second kappa shape index (κ2) is 10.0. The van der Waals surface area contributed by atoms with E-state index in [1.807, 2.05) is 48.5 Å². The Morgan fingerprint density at radius 2 is 1.65 bits per heavy atom. The van der Waals surface area contributed by atoms with Gasteiger partial charge in [-0.2, -0.15) is 10.4 Å². The lowest BCUT2D eigenvalue weighted by Gasteiger charge is -2.05. The van der Waals surface area contributed by atoms with Crippen LogP contribution in [0.4, 0.5) is 0 Å². The van der Waals surface area contributed by atoms with Gasteiger partial charge in [-0.05, 0) is 54.6 Å². The zero-order valence-electron chi connectivity index (χ0n) is 18.2. The number of nitriles is 1. The highest BCUT2D eigenvalue weighted by Crippen LogP contribution is 2.29. The molecule has 4 rings (SSSR count). The molecule has 0 radical (unpaired) electrons. The third kappa shape index (κ3) is 4.82. The zero-order valence-corrected chi connectivity index (χ0v) is 19.0. The van der Waals surface area contributed by atoms with Crippen LogP contribution in [-0.2, 0) is 9.84 Å². The molecule has 1 aromatic heterocycles. The van der Waals surface area contributed by atoms with Crippen molar-refractivity contribution >= 4 is 15.9 Å². The molecule has 6 nitrogen and oxygen atoms in total. The van der Waals surface area contributed by atoms with Crippen LogP contribution in [0.5, 0.6) is 5.75 Å². The monoisotopic (exact) mass is 467 g/mol. The predicted octanol–water partition coefficient (Wildman–Crippen LogP) is 5.44. The number of hydrogen-bond donors (Lipinski definition) is 0. The van der Waals surface area contributed by atoms with Crippen LogP contribution in [0.1, 0.15) is 5.56 Å². The number of nitrogens with zero attached hydrogens (tertiary/aromatic N) is 3. The molecule has 0 unspecified atom stereocenters. The maximum atomic E-state index is 13.1. The van der Waals surface area contributed by atoms with Crippen molar-refractivity contribution in [3.63, 3.8) is 0 Å². The molecule has 0 fully saturated rings. The summed E-state index contributed by atoms with van der Waals surface area (Å²) in [7, 11) is -3.99. The molecule has 168 valence electrons. The summed E-state index contributed by atoms with van der Waals surface area (Å²) in [6.45, 7) is 4.03. The molecule has 1 heterocycles. The molecule has 0 atom stereocenters. The SMILES string of the molecule is C=CCOc1ccc(-c2nn(-c3ccccc3)cc2/C=C(\C#N)S(=O)(=O)c2ccccc2)cc1. The van der Waals surface area contributed by atoms with Gasteiger partial charge in [0.05, 0.1) is 10.6 Å². The molecule has 4 aromatic rings. The average molecular weight is 468 g/mol. The molecule has 0 bridgehead atoms. The Labute approximate surface area is 198 Å². The molecule has 7 heteroatoms. The summed E-state index contributed by atoms with van der Waals surface area (Å²) in [5.74, 6) is 0.674. The Bertz CT molecular complexity index is 1470. The molecule has 0 aliphatic heterocycles. The Kier molecular flexibility index (Phi) is 6.72. The topological polar surface area (TPSA) is 85.0 Å². The van der Waals surface area contributed by atoms with Crippen LogP contribution in [0, 0.1) is 11.3 Å². The van der Waals surface area contributed by atoms with Crippen molar-refractivity contribution in [3.05, 3.63) is 114 Å². The number of ether oxygens (including phenoxy) is 1. The van der Waals surface area contributed by atoms with E-state index in [1.54, 1.807) is 47.3 Å². The van der Waals surface area contributed by atoms with E-state index in [9.17, 15) is 13.7 Å². The van der Waals surface area contributed by atoms with Gasteiger partial charge in [-0.25, -0.2) is 13.1 Å². The maximum absolute atomic E-state index is 13.1. The summed E-state index contributed by atoms with van der Waals surface area (Å²) < 4.78 is 33.4. The van der Waals surface area contributed by atoms with Crippen LogP contribution in [0.2, 0.25) is 0 Å². The predicted molar refractivity (Wildman–Crippen MR) is 132 cm³/mol.